The Bertz CT molecular complexity index is 896. The number of hydrogen-bond acceptors (Lipinski definition) is 6. The minimum Gasteiger partial charge on any atom is -0.362 e. The number of H-pyrrole nitrogens is 1. The summed E-state index contributed by atoms with van der Waals surface area (Å²) >= 11 is 3.10. The molecular weight excluding hydrogens is 354 g/mol. The summed E-state index contributed by atoms with van der Waals surface area (Å²) in [4.78, 5) is 21.2. The molecule has 0 atom stereocenters. The van der Waals surface area contributed by atoms with Crippen LogP contribution in [0.15, 0.2) is 17.5 Å². The zero-order valence-corrected chi connectivity index (χ0v) is 15.8. The number of hydrogen-bond donors (Lipinski definition) is 2. The van der Waals surface area contributed by atoms with Crippen LogP contribution in [0.25, 0.3) is 10.6 Å². The van der Waals surface area contributed by atoms with E-state index >= 15 is 0 Å². The average molecular weight is 374 g/mol. The number of amides is 1. The number of aromatic amines is 1. The van der Waals surface area contributed by atoms with Crippen LogP contribution in [0.5, 0.6) is 0 Å². The Morgan fingerprint density at radius 2 is 2.36 bits per heavy atom. The highest BCUT2D eigenvalue weighted by atomic mass is 32.1. The molecule has 25 heavy (non-hydrogen) atoms. The van der Waals surface area contributed by atoms with Crippen LogP contribution in [-0.4, -0.2) is 39.1 Å². The van der Waals surface area contributed by atoms with Crippen LogP contribution in [0, 0.1) is 6.92 Å². The summed E-state index contributed by atoms with van der Waals surface area (Å²) < 4.78 is 0. The van der Waals surface area contributed by atoms with E-state index in [2.05, 4.69) is 26.6 Å². The van der Waals surface area contributed by atoms with Crippen molar-refractivity contribution in [3.63, 3.8) is 0 Å². The Morgan fingerprint density at radius 1 is 1.48 bits per heavy atom. The second kappa shape index (κ2) is 6.61. The van der Waals surface area contributed by atoms with Gasteiger partial charge < -0.3 is 10.2 Å². The number of fused-ring (bicyclic) bond motifs is 1. The molecule has 0 aliphatic carbocycles. The molecule has 3 aromatic heterocycles. The van der Waals surface area contributed by atoms with Crippen molar-refractivity contribution in [2.75, 3.05) is 18.4 Å². The lowest BCUT2D eigenvalue weighted by molar-refractivity contribution is 0.0738. The lowest BCUT2D eigenvalue weighted by Crippen LogP contribution is -2.35. The number of aryl methyl sites for hydroxylation is 1. The number of anilines is 1. The molecular formula is C17H19N5OS2. The maximum Gasteiger partial charge on any atom is 0.266 e. The normalized spacial score (nSPS) is 13.8. The minimum atomic E-state index is 0.0585. The number of rotatable bonds is 4. The molecule has 2 N–H and O–H groups in total. The number of carbonyl (C=O) groups excluding carboxylic acids is 1. The van der Waals surface area contributed by atoms with E-state index in [0.717, 1.165) is 50.5 Å². The van der Waals surface area contributed by atoms with Gasteiger partial charge in [0.25, 0.3) is 5.91 Å². The molecule has 0 radical (unpaired) electrons. The van der Waals surface area contributed by atoms with Crippen molar-refractivity contribution in [1.29, 1.82) is 0 Å². The predicted octanol–water partition coefficient (Wildman–Crippen LogP) is 3.53. The van der Waals surface area contributed by atoms with E-state index in [1.54, 1.807) is 11.3 Å². The molecule has 6 nitrogen and oxygen atoms in total. The first-order valence-electron chi connectivity index (χ1n) is 8.28. The van der Waals surface area contributed by atoms with Crippen molar-refractivity contribution >= 4 is 33.7 Å². The SMILES string of the molecule is CCNc1nc(C)c(C(=O)N2CCc3[nH]nc(-c4cccs4)c3C2)s1. The Balaban J connectivity index is 1.60. The van der Waals surface area contributed by atoms with Crippen molar-refractivity contribution in [1.82, 2.24) is 20.1 Å². The van der Waals surface area contributed by atoms with Gasteiger partial charge in [0.2, 0.25) is 0 Å². The molecule has 0 aromatic carbocycles. The summed E-state index contributed by atoms with van der Waals surface area (Å²) in [5.74, 6) is 0.0585. The average Bonchev–Trinajstić information content (AvgIpc) is 3.33. The molecule has 8 heteroatoms. The molecule has 0 unspecified atom stereocenters. The molecule has 4 heterocycles. The van der Waals surface area contributed by atoms with Crippen LogP contribution < -0.4 is 5.32 Å². The largest absolute Gasteiger partial charge is 0.362 e. The van der Waals surface area contributed by atoms with Crippen LogP contribution in [0.2, 0.25) is 0 Å². The van der Waals surface area contributed by atoms with Gasteiger partial charge >= 0.3 is 0 Å². The zero-order chi connectivity index (χ0) is 17.4. The summed E-state index contributed by atoms with van der Waals surface area (Å²) in [6, 6.07) is 4.09. The third-order valence-electron chi connectivity index (χ3n) is 4.29. The van der Waals surface area contributed by atoms with E-state index in [0.29, 0.717) is 13.1 Å². The summed E-state index contributed by atoms with van der Waals surface area (Å²) in [7, 11) is 0. The van der Waals surface area contributed by atoms with Gasteiger partial charge in [-0.3, -0.25) is 9.89 Å². The zero-order valence-electron chi connectivity index (χ0n) is 14.1. The number of thiophene rings is 1. The highest BCUT2D eigenvalue weighted by Crippen LogP contribution is 2.32. The first kappa shape index (κ1) is 16.3. The molecule has 1 amide bonds. The highest BCUT2D eigenvalue weighted by Gasteiger charge is 2.28. The summed E-state index contributed by atoms with van der Waals surface area (Å²) in [5, 5.41) is 13.7. The molecule has 0 spiro atoms. The number of nitrogens with zero attached hydrogens (tertiary/aromatic N) is 3. The first-order valence-corrected chi connectivity index (χ1v) is 9.97. The fourth-order valence-electron chi connectivity index (χ4n) is 3.05. The van der Waals surface area contributed by atoms with Crippen LogP contribution in [0.3, 0.4) is 0 Å². The van der Waals surface area contributed by atoms with Gasteiger partial charge in [-0.25, -0.2) is 4.98 Å². The summed E-state index contributed by atoms with van der Waals surface area (Å²) in [6.07, 6.45) is 0.803. The van der Waals surface area contributed by atoms with Gasteiger partial charge in [-0.15, -0.1) is 11.3 Å². The molecule has 130 valence electrons. The first-order chi connectivity index (χ1) is 12.2. The van der Waals surface area contributed by atoms with Gasteiger partial charge in [0, 0.05) is 30.8 Å². The fourth-order valence-corrected chi connectivity index (χ4v) is 4.79. The topological polar surface area (TPSA) is 73.9 Å². The van der Waals surface area contributed by atoms with Crippen LogP contribution in [-0.2, 0) is 13.0 Å². The standard InChI is InChI=1S/C17H19N5OS2/c1-3-18-17-19-10(2)15(25-17)16(23)22-7-6-12-11(9-22)14(21-20-12)13-5-4-8-24-13/h4-5,8H,3,6-7,9H2,1-2H3,(H,18,19)(H,20,21). The lowest BCUT2D eigenvalue weighted by Gasteiger charge is -2.26. The molecule has 1 aliphatic heterocycles. The summed E-state index contributed by atoms with van der Waals surface area (Å²) in [5.41, 5.74) is 4.04. The quantitative estimate of drug-likeness (QED) is 0.734. The molecule has 3 aromatic rings. The van der Waals surface area contributed by atoms with E-state index in [9.17, 15) is 4.79 Å². The summed E-state index contributed by atoms with van der Waals surface area (Å²) in [6.45, 7) is 6.01. The van der Waals surface area contributed by atoms with E-state index < -0.39 is 0 Å². The van der Waals surface area contributed by atoms with E-state index in [1.165, 1.54) is 11.3 Å². The fraction of sp³-hybridized carbons (Fsp3) is 0.353. The van der Waals surface area contributed by atoms with Gasteiger partial charge in [-0.05, 0) is 25.3 Å². The van der Waals surface area contributed by atoms with Crippen molar-refractivity contribution in [2.24, 2.45) is 0 Å². The molecule has 0 fully saturated rings. The lowest BCUT2D eigenvalue weighted by atomic mass is 10.0. The van der Waals surface area contributed by atoms with Gasteiger partial charge in [-0.1, -0.05) is 17.4 Å². The molecule has 1 aliphatic rings. The maximum absolute atomic E-state index is 13.0. The molecule has 0 bridgehead atoms. The number of nitrogens with one attached hydrogen (secondary N) is 2. The molecule has 4 rings (SSSR count). The second-order valence-corrected chi connectivity index (χ2v) is 7.89. The second-order valence-electron chi connectivity index (χ2n) is 5.95. The highest BCUT2D eigenvalue weighted by molar-refractivity contribution is 7.17. The van der Waals surface area contributed by atoms with Crippen molar-refractivity contribution in [2.45, 2.75) is 26.8 Å². The monoisotopic (exact) mass is 373 g/mol. The van der Waals surface area contributed by atoms with Gasteiger partial charge in [0.1, 0.15) is 10.6 Å². The Hall–Kier alpha value is -2.19. The number of aromatic nitrogens is 3. The Kier molecular flexibility index (Phi) is 4.30. The van der Waals surface area contributed by atoms with Gasteiger partial charge in [0.05, 0.1) is 17.1 Å². The van der Waals surface area contributed by atoms with Crippen molar-refractivity contribution < 1.29 is 4.79 Å². The van der Waals surface area contributed by atoms with E-state index in [-0.39, 0.29) is 5.91 Å². The van der Waals surface area contributed by atoms with Gasteiger partial charge in [-0.2, -0.15) is 5.10 Å². The van der Waals surface area contributed by atoms with E-state index in [4.69, 9.17) is 0 Å². The number of thiazole rings is 1. The third-order valence-corrected chi connectivity index (χ3v) is 6.27. The molecule has 0 saturated heterocycles. The van der Waals surface area contributed by atoms with Crippen LogP contribution in [0.1, 0.15) is 33.5 Å². The Labute approximate surface area is 153 Å². The molecule has 0 saturated carbocycles. The van der Waals surface area contributed by atoms with Crippen LogP contribution >= 0.6 is 22.7 Å². The smallest absolute Gasteiger partial charge is 0.266 e. The van der Waals surface area contributed by atoms with Crippen LogP contribution in [0.4, 0.5) is 5.13 Å². The number of carbonyl (C=O) groups is 1. The maximum atomic E-state index is 13.0. The third kappa shape index (κ3) is 2.96. The minimum absolute atomic E-state index is 0.0585. The predicted molar refractivity (Wildman–Crippen MR) is 101 cm³/mol. The van der Waals surface area contributed by atoms with E-state index in [1.807, 2.05) is 30.2 Å². The van der Waals surface area contributed by atoms with Crippen molar-refractivity contribution in [3.8, 4) is 10.6 Å². The Morgan fingerprint density at radius 3 is 3.12 bits per heavy atom. The van der Waals surface area contributed by atoms with Gasteiger partial charge in [0.15, 0.2) is 5.13 Å². The van der Waals surface area contributed by atoms with Crippen molar-refractivity contribution in [3.05, 3.63) is 39.3 Å².